The third kappa shape index (κ3) is 0.582. The first kappa shape index (κ1) is 8.33. The summed E-state index contributed by atoms with van der Waals surface area (Å²) in [6, 6.07) is 0. The Labute approximate surface area is 97.1 Å². The van der Waals surface area contributed by atoms with Gasteiger partial charge in [-0.25, -0.2) is 0 Å². The molecule has 2 bridgehead atoms. The second-order valence-electron chi connectivity index (χ2n) is 7.04. The average Bonchev–Trinajstić information content (AvgIpc) is 2.26. The number of fused-ring (bicyclic) bond motifs is 3. The molecular formula is C16H18. The van der Waals surface area contributed by atoms with Crippen molar-refractivity contribution in [3.63, 3.8) is 0 Å². The van der Waals surface area contributed by atoms with Crippen molar-refractivity contribution < 1.29 is 0 Å². The highest BCUT2D eigenvalue weighted by atomic mass is 14.7. The van der Waals surface area contributed by atoms with E-state index in [2.05, 4.69) is 19.9 Å². The zero-order valence-electron chi connectivity index (χ0n) is 10.2. The molecule has 1 saturated carbocycles. The van der Waals surface area contributed by atoms with Gasteiger partial charge >= 0.3 is 0 Å². The Hall–Kier alpha value is -0.780. The van der Waals surface area contributed by atoms with Crippen LogP contribution in [0.3, 0.4) is 0 Å². The van der Waals surface area contributed by atoms with E-state index in [0.717, 1.165) is 5.92 Å². The van der Waals surface area contributed by atoms with Crippen molar-refractivity contribution >= 4 is 0 Å². The van der Waals surface area contributed by atoms with Gasteiger partial charge < -0.3 is 0 Å². The Morgan fingerprint density at radius 3 is 2.62 bits per heavy atom. The molecule has 82 valence electrons. The van der Waals surface area contributed by atoms with Gasteiger partial charge in [-0.05, 0) is 65.7 Å². The van der Waals surface area contributed by atoms with Gasteiger partial charge in [0.05, 0.1) is 0 Å². The quantitative estimate of drug-likeness (QED) is 0.563. The number of allylic oxidation sites excluding steroid dienone is 6. The van der Waals surface area contributed by atoms with E-state index in [1.807, 2.05) is 0 Å². The fourth-order valence-corrected chi connectivity index (χ4v) is 5.26. The summed E-state index contributed by atoms with van der Waals surface area (Å²) >= 11 is 0. The average molecular weight is 210 g/mol. The summed E-state index contributed by atoms with van der Waals surface area (Å²) < 4.78 is 0. The molecular weight excluding hydrogens is 192 g/mol. The lowest BCUT2D eigenvalue weighted by Crippen LogP contribution is -2.51. The topological polar surface area (TPSA) is 0 Å². The maximum atomic E-state index is 2.65. The summed E-state index contributed by atoms with van der Waals surface area (Å²) in [5.41, 5.74) is 10.0. The van der Waals surface area contributed by atoms with Crippen molar-refractivity contribution in [3.8, 4) is 0 Å². The first-order valence-corrected chi connectivity index (χ1v) is 6.83. The normalized spacial score (nSPS) is 44.9. The minimum atomic E-state index is 0.400. The highest BCUT2D eigenvalue weighted by Crippen LogP contribution is 2.74. The van der Waals surface area contributed by atoms with Gasteiger partial charge in [0.25, 0.3) is 0 Å². The summed E-state index contributed by atoms with van der Waals surface area (Å²) in [5, 5.41) is 0. The van der Waals surface area contributed by atoms with Crippen molar-refractivity contribution in [2.75, 3.05) is 0 Å². The van der Waals surface area contributed by atoms with Gasteiger partial charge in [0.1, 0.15) is 0 Å². The summed E-state index contributed by atoms with van der Waals surface area (Å²) in [4.78, 5) is 0. The Morgan fingerprint density at radius 2 is 2.06 bits per heavy atom. The van der Waals surface area contributed by atoms with Crippen molar-refractivity contribution in [2.24, 2.45) is 16.7 Å². The van der Waals surface area contributed by atoms with Crippen LogP contribution < -0.4 is 0 Å². The fraction of sp³-hybridized carbons (Fsp3) is 0.625. The largest absolute Gasteiger partial charge is 0.0735 e. The molecule has 5 aliphatic rings. The number of hydrogen-bond acceptors (Lipinski definition) is 0. The fourth-order valence-electron chi connectivity index (χ4n) is 5.26. The molecule has 0 aromatic rings. The summed E-state index contributed by atoms with van der Waals surface area (Å²) in [7, 11) is 0. The van der Waals surface area contributed by atoms with Gasteiger partial charge in [-0.2, -0.15) is 0 Å². The maximum absolute atomic E-state index is 2.65. The van der Waals surface area contributed by atoms with Crippen LogP contribution in [0, 0.1) is 16.7 Å². The molecule has 2 unspecified atom stereocenters. The Kier molecular flexibility index (Phi) is 1.04. The molecule has 5 aliphatic carbocycles. The van der Waals surface area contributed by atoms with Crippen molar-refractivity contribution in [1.29, 1.82) is 0 Å². The van der Waals surface area contributed by atoms with E-state index in [0.29, 0.717) is 10.8 Å². The van der Waals surface area contributed by atoms with E-state index < -0.39 is 0 Å². The summed E-state index contributed by atoms with van der Waals surface area (Å²) in [5.74, 6) is 0.976. The molecule has 1 spiro atoms. The molecule has 0 N–H and O–H groups in total. The molecule has 0 aromatic carbocycles. The number of hydrogen-bond donors (Lipinski definition) is 0. The molecule has 0 heteroatoms. The van der Waals surface area contributed by atoms with Gasteiger partial charge in [-0.1, -0.05) is 25.5 Å². The second kappa shape index (κ2) is 2.00. The van der Waals surface area contributed by atoms with E-state index in [-0.39, 0.29) is 0 Å². The van der Waals surface area contributed by atoms with Gasteiger partial charge in [0.2, 0.25) is 0 Å². The lowest BCUT2D eigenvalue weighted by Gasteiger charge is -2.61. The smallest absolute Gasteiger partial charge is 0.0117 e. The van der Waals surface area contributed by atoms with E-state index in [9.17, 15) is 0 Å². The monoisotopic (exact) mass is 210 g/mol. The van der Waals surface area contributed by atoms with Crippen molar-refractivity contribution in [2.45, 2.75) is 46.0 Å². The first-order valence-electron chi connectivity index (χ1n) is 6.83. The summed E-state index contributed by atoms with van der Waals surface area (Å²) in [6.07, 6.45) is 9.75. The summed E-state index contributed by atoms with van der Waals surface area (Å²) in [6.45, 7) is 4.93. The second-order valence-corrected chi connectivity index (χ2v) is 7.04. The van der Waals surface area contributed by atoms with Crippen LogP contribution in [0.25, 0.3) is 0 Å². The van der Waals surface area contributed by atoms with Crippen LogP contribution in [0.2, 0.25) is 0 Å². The van der Waals surface area contributed by atoms with Crippen LogP contribution >= 0.6 is 0 Å². The van der Waals surface area contributed by atoms with Gasteiger partial charge in [0, 0.05) is 5.41 Å². The molecule has 0 nitrogen and oxygen atoms in total. The zero-order chi connectivity index (χ0) is 10.7. The lowest BCUT2D eigenvalue weighted by atomic mass is 9.42. The molecule has 0 aliphatic heterocycles. The Bertz CT molecular complexity index is 538. The molecule has 2 atom stereocenters. The zero-order valence-corrected chi connectivity index (χ0v) is 10.2. The first-order chi connectivity index (χ1) is 7.63. The third-order valence-electron chi connectivity index (χ3n) is 6.24. The third-order valence-corrected chi connectivity index (χ3v) is 6.24. The molecule has 0 amide bonds. The van der Waals surface area contributed by atoms with Crippen LogP contribution in [-0.2, 0) is 0 Å². The van der Waals surface area contributed by atoms with E-state index >= 15 is 0 Å². The van der Waals surface area contributed by atoms with Crippen LogP contribution in [-0.4, -0.2) is 0 Å². The minimum absolute atomic E-state index is 0.400. The Balaban J connectivity index is 1.77. The molecule has 16 heavy (non-hydrogen) atoms. The standard InChI is InChI=1S/C16H18/c1-15(2)12-4-3-9(12)10-7-16-6-5-13(16)11(8-16)14(10)15/h8,13H,3-7H2,1-2H3. The van der Waals surface area contributed by atoms with E-state index in [1.165, 1.54) is 32.1 Å². The molecule has 1 fully saturated rings. The molecule has 0 radical (unpaired) electrons. The van der Waals surface area contributed by atoms with Crippen LogP contribution in [0.4, 0.5) is 0 Å². The highest BCUT2D eigenvalue weighted by molar-refractivity contribution is 5.69. The molecule has 0 saturated heterocycles. The van der Waals surface area contributed by atoms with Crippen molar-refractivity contribution in [1.82, 2.24) is 0 Å². The maximum Gasteiger partial charge on any atom is 0.0117 e. The predicted octanol–water partition coefficient (Wildman–Crippen LogP) is 4.15. The molecule has 0 heterocycles. The lowest BCUT2D eigenvalue weighted by molar-refractivity contribution is 0.0683. The Morgan fingerprint density at radius 1 is 1.19 bits per heavy atom. The van der Waals surface area contributed by atoms with E-state index in [4.69, 9.17) is 0 Å². The van der Waals surface area contributed by atoms with Gasteiger partial charge in [-0.3, -0.25) is 0 Å². The number of rotatable bonds is 0. The van der Waals surface area contributed by atoms with Crippen LogP contribution in [0.15, 0.2) is 33.9 Å². The molecule has 5 rings (SSSR count). The van der Waals surface area contributed by atoms with Crippen molar-refractivity contribution in [3.05, 3.63) is 33.9 Å². The van der Waals surface area contributed by atoms with Gasteiger partial charge in [0.15, 0.2) is 0 Å². The SMILES string of the molecule is CC1(C)C2=C(CC2)C2=C1C1=CC3(CCC13)C2. The highest BCUT2D eigenvalue weighted by Gasteiger charge is 2.62. The predicted molar refractivity (Wildman–Crippen MR) is 64.9 cm³/mol. The van der Waals surface area contributed by atoms with Gasteiger partial charge in [-0.15, -0.1) is 0 Å². The van der Waals surface area contributed by atoms with E-state index in [1.54, 1.807) is 27.9 Å². The van der Waals surface area contributed by atoms with Crippen LogP contribution in [0.1, 0.15) is 46.0 Å². The minimum Gasteiger partial charge on any atom is -0.0735 e. The van der Waals surface area contributed by atoms with Crippen LogP contribution in [0.5, 0.6) is 0 Å². The molecule has 0 aromatic heterocycles.